The van der Waals surface area contributed by atoms with Crippen LogP contribution in [0.5, 0.6) is 0 Å². The van der Waals surface area contributed by atoms with Gasteiger partial charge in [-0.25, -0.2) is 13.8 Å². The molecular weight excluding hydrogens is 350 g/mol. The average Bonchev–Trinajstić information content (AvgIpc) is 2.97. The summed E-state index contributed by atoms with van der Waals surface area (Å²) in [6, 6.07) is 10.6. The molecule has 7 heteroatoms. The number of anilines is 1. The van der Waals surface area contributed by atoms with Crippen LogP contribution in [0.1, 0.15) is 16.1 Å². The fraction of sp³-hybridized carbons (Fsp3) is 0.0588. The molecule has 0 saturated heterocycles. The highest BCUT2D eigenvalue weighted by Crippen LogP contribution is 2.30. The number of carbonyl (C=O) groups excluding carboxylic acids is 1. The highest BCUT2D eigenvalue weighted by Gasteiger charge is 2.15. The van der Waals surface area contributed by atoms with E-state index < -0.39 is 17.5 Å². The van der Waals surface area contributed by atoms with Crippen molar-refractivity contribution in [2.75, 3.05) is 5.32 Å². The lowest BCUT2D eigenvalue weighted by Crippen LogP contribution is -2.14. The van der Waals surface area contributed by atoms with Crippen LogP contribution >= 0.6 is 23.1 Å². The zero-order chi connectivity index (χ0) is 17.1. The summed E-state index contributed by atoms with van der Waals surface area (Å²) < 4.78 is 27.7. The highest BCUT2D eigenvalue weighted by molar-refractivity contribution is 8.01. The maximum atomic E-state index is 13.6. The Bertz CT molecular complexity index is 879. The number of thiazole rings is 1. The Kier molecular flexibility index (Phi) is 4.92. The summed E-state index contributed by atoms with van der Waals surface area (Å²) in [5.74, 6) is -2.89. The van der Waals surface area contributed by atoms with Crippen molar-refractivity contribution in [2.45, 2.75) is 16.2 Å². The Morgan fingerprint density at radius 2 is 1.92 bits per heavy atom. The van der Waals surface area contributed by atoms with Gasteiger partial charge in [0.25, 0.3) is 5.91 Å². The maximum absolute atomic E-state index is 13.6. The van der Waals surface area contributed by atoms with E-state index in [4.69, 9.17) is 0 Å². The Labute approximate surface area is 145 Å². The molecule has 0 fully saturated rings. The number of carbonyl (C=O) groups is 1. The molecular formula is C17H12F2N2OS2. The van der Waals surface area contributed by atoms with E-state index in [2.05, 4.69) is 10.3 Å². The first kappa shape index (κ1) is 16.6. The van der Waals surface area contributed by atoms with Crippen molar-refractivity contribution >= 4 is 34.7 Å². The molecule has 0 aliphatic heterocycles. The van der Waals surface area contributed by atoms with E-state index in [0.29, 0.717) is 5.69 Å². The lowest BCUT2D eigenvalue weighted by atomic mass is 10.2. The van der Waals surface area contributed by atoms with Gasteiger partial charge in [0.1, 0.15) is 0 Å². The first-order valence-electron chi connectivity index (χ1n) is 6.98. The van der Waals surface area contributed by atoms with Crippen LogP contribution in [0.4, 0.5) is 14.5 Å². The van der Waals surface area contributed by atoms with E-state index >= 15 is 0 Å². The number of aromatic nitrogens is 1. The molecule has 1 heterocycles. The predicted molar refractivity (Wildman–Crippen MR) is 91.7 cm³/mol. The molecule has 0 spiro atoms. The van der Waals surface area contributed by atoms with Crippen LogP contribution in [0.15, 0.2) is 57.1 Å². The van der Waals surface area contributed by atoms with Crippen LogP contribution in [0.25, 0.3) is 0 Å². The van der Waals surface area contributed by atoms with Crippen LogP contribution in [-0.4, -0.2) is 10.9 Å². The molecule has 2 aromatic carbocycles. The molecule has 3 rings (SSSR count). The summed E-state index contributed by atoms with van der Waals surface area (Å²) in [6.07, 6.45) is 0. The Balaban J connectivity index is 1.69. The number of halogens is 2. The molecule has 1 aromatic heterocycles. The normalized spacial score (nSPS) is 10.6. The summed E-state index contributed by atoms with van der Waals surface area (Å²) in [6.45, 7) is 1.94. The van der Waals surface area contributed by atoms with Crippen molar-refractivity contribution in [1.82, 2.24) is 4.98 Å². The molecule has 24 heavy (non-hydrogen) atoms. The summed E-state index contributed by atoms with van der Waals surface area (Å²) in [7, 11) is 0. The second-order valence-corrected chi connectivity index (χ2v) is 7.12. The number of aryl methyl sites for hydroxylation is 1. The van der Waals surface area contributed by atoms with Gasteiger partial charge in [0.15, 0.2) is 16.0 Å². The first-order chi connectivity index (χ1) is 11.5. The van der Waals surface area contributed by atoms with Gasteiger partial charge in [-0.15, -0.1) is 11.3 Å². The second kappa shape index (κ2) is 7.11. The first-order valence-corrected chi connectivity index (χ1v) is 8.68. The van der Waals surface area contributed by atoms with E-state index in [1.165, 1.54) is 23.9 Å². The molecule has 0 bridgehead atoms. The lowest BCUT2D eigenvalue weighted by Gasteiger charge is -2.07. The van der Waals surface area contributed by atoms with Gasteiger partial charge in [0.05, 0.1) is 5.56 Å². The number of hydrogen-bond donors (Lipinski definition) is 1. The van der Waals surface area contributed by atoms with Crippen LogP contribution < -0.4 is 5.32 Å². The lowest BCUT2D eigenvalue weighted by molar-refractivity contribution is 0.102. The van der Waals surface area contributed by atoms with Gasteiger partial charge in [-0.05, 0) is 43.3 Å². The molecule has 3 aromatic rings. The van der Waals surface area contributed by atoms with Crippen LogP contribution in [0.2, 0.25) is 0 Å². The van der Waals surface area contributed by atoms with Gasteiger partial charge in [0, 0.05) is 21.7 Å². The van der Waals surface area contributed by atoms with Gasteiger partial charge < -0.3 is 5.32 Å². The third kappa shape index (κ3) is 3.80. The summed E-state index contributed by atoms with van der Waals surface area (Å²) in [4.78, 5) is 17.4. The monoisotopic (exact) mass is 362 g/mol. The molecule has 0 aliphatic rings. The largest absolute Gasteiger partial charge is 0.322 e. The summed E-state index contributed by atoms with van der Waals surface area (Å²) in [5.41, 5.74) is 1.15. The third-order valence-electron chi connectivity index (χ3n) is 3.11. The fourth-order valence-corrected chi connectivity index (χ4v) is 3.77. The molecule has 122 valence electrons. The van der Waals surface area contributed by atoms with Gasteiger partial charge in [-0.3, -0.25) is 4.79 Å². The van der Waals surface area contributed by atoms with E-state index in [1.54, 1.807) is 23.5 Å². The Morgan fingerprint density at radius 1 is 1.17 bits per heavy atom. The quantitative estimate of drug-likeness (QED) is 0.699. The minimum Gasteiger partial charge on any atom is -0.322 e. The molecule has 0 aliphatic carbocycles. The highest BCUT2D eigenvalue weighted by atomic mass is 32.2. The van der Waals surface area contributed by atoms with Crippen molar-refractivity contribution in [1.29, 1.82) is 0 Å². The van der Waals surface area contributed by atoms with E-state index in [1.807, 2.05) is 24.4 Å². The topological polar surface area (TPSA) is 42.0 Å². The molecule has 3 nitrogen and oxygen atoms in total. The molecule has 0 saturated carbocycles. The number of benzene rings is 2. The fourth-order valence-electron chi connectivity index (χ4n) is 1.96. The number of hydrogen-bond acceptors (Lipinski definition) is 4. The van der Waals surface area contributed by atoms with Crippen molar-refractivity contribution in [3.05, 3.63) is 70.7 Å². The second-order valence-electron chi connectivity index (χ2n) is 4.94. The zero-order valence-corrected chi connectivity index (χ0v) is 14.2. The Morgan fingerprint density at radius 3 is 2.58 bits per heavy atom. The minimum absolute atomic E-state index is 0.327. The average molecular weight is 362 g/mol. The van der Waals surface area contributed by atoms with Gasteiger partial charge in [0.2, 0.25) is 0 Å². The molecule has 0 unspecified atom stereocenters. The molecule has 0 radical (unpaired) electrons. The van der Waals surface area contributed by atoms with E-state index in [-0.39, 0.29) is 5.56 Å². The van der Waals surface area contributed by atoms with Crippen molar-refractivity contribution in [3.63, 3.8) is 0 Å². The third-order valence-corrected chi connectivity index (χ3v) is 5.18. The minimum atomic E-state index is -1.15. The van der Waals surface area contributed by atoms with E-state index in [0.717, 1.165) is 21.0 Å². The molecule has 0 atom stereocenters. The van der Waals surface area contributed by atoms with Crippen molar-refractivity contribution in [3.8, 4) is 0 Å². The van der Waals surface area contributed by atoms with Gasteiger partial charge in [-0.1, -0.05) is 17.8 Å². The van der Waals surface area contributed by atoms with Crippen molar-refractivity contribution in [2.24, 2.45) is 0 Å². The molecule has 1 amide bonds. The maximum Gasteiger partial charge on any atom is 0.258 e. The standard InChI is InChI=1S/C17H12F2N2OS2/c1-10-9-23-17(20-10)24-12-7-5-11(6-8-12)21-16(22)13-3-2-4-14(18)15(13)19/h2-9H,1H3,(H,21,22). The number of amides is 1. The number of rotatable bonds is 4. The van der Waals surface area contributed by atoms with E-state index in [9.17, 15) is 13.6 Å². The smallest absolute Gasteiger partial charge is 0.258 e. The number of nitrogens with one attached hydrogen (secondary N) is 1. The summed E-state index contributed by atoms with van der Waals surface area (Å²) in [5, 5.41) is 4.53. The SMILES string of the molecule is Cc1csc(Sc2ccc(NC(=O)c3cccc(F)c3F)cc2)n1. The van der Waals surface area contributed by atoms with Gasteiger partial charge in [-0.2, -0.15) is 0 Å². The van der Waals surface area contributed by atoms with Crippen LogP contribution in [0, 0.1) is 18.6 Å². The predicted octanol–water partition coefficient (Wildman–Crippen LogP) is 5.13. The van der Waals surface area contributed by atoms with Crippen molar-refractivity contribution < 1.29 is 13.6 Å². The summed E-state index contributed by atoms with van der Waals surface area (Å²) >= 11 is 3.09. The number of nitrogens with zero attached hydrogens (tertiary/aromatic N) is 1. The van der Waals surface area contributed by atoms with Gasteiger partial charge >= 0.3 is 0 Å². The Hall–Kier alpha value is -2.25. The van der Waals surface area contributed by atoms with Crippen LogP contribution in [-0.2, 0) is 0 Å². The van der Waals surface area contributed by atoms with Crippen LogP contribution in [0.3, 0.4) is 0 Å². The molecule has 1 N–H and O–H groups in total. The zero-order valence-electron chi connectivity index (χ0n) is 12.5.